The normalized spacial score (nSPS) is 18.2. The molecule has 0 aliphatic carbocycles. The van der Waals surface area contributed by atoms with Crippen molar-refractivity contribution >= 4 is 10.9 Å². The standard InChI is InChI=1S/C16H17N3O3/c1-19-13-4-3-12(20-2)7-11(13)8-14(19)16-17-15(18-22-16)10-5-6-21-9-10/h3-4,7-8,10H,5-6,9H2,1-2H3/t10-/m0/s1. The van der Waals surface area contributed by atoms with E-state index in [9.17, 15) is 0 Å². The molecule has 6 heteroatoms. The highest BCUT2D eigenvalue weighted by atomic mass is 16.5. The Morgan fingerprint density at radius 1 is 1.32 bits per heavy atom. The third-order valence-electron chi connectivity index (χ3n) is 4.21. The van der Waals surface area contributed by atoms with E-state index in [0.29, 0.717) is 12.5 Å². The van der Waals surface area contributed by atoms with E-state index in [1.807, 2.05) is 31.3 Å². The summed E-state index contributed by atoms with van der Waals surface area (Å²) in [5.41, 5.74) is 2.00. The second kappa shape index (κ2) is 5.14. The molecule has 0 unspecified atom stereocenters. The molecule has 2 aromatic heterocycles. The number of rotatable bonds is 3. The van der Waals surface area contributed by atoms with Crippen molar-refractivity contribution in [3.05, 3.63) is 30.1 Å². The van der Waals surface area contributed by atoms with E-state index in [-0.39, 0.29) is 5.92 Å². The van der Waals surface area contributed by atoms with Crippen molar-refractivity contribution in [3.8, 4) is 17.3 Å². The maximum atomic E-state index is 5.46. The molecular formula is C16H17N3O3. The van der Waals surface area contributed by atoms with Gasteiger partial charge in [0.1, 0.15) is 11.4 Å². The van der Waals surface area contributed by atoms with Crippen molar-refractivity contribution in [1.82, 2.24) is 14.7 Å². The number of methoxy groups -OCH3 is 1. The van der Waals surface area contributed by atoms with Gasteiger partial charge in [0.15, 0.2) is 5.82 Å². The molecule has 1 aliphatic heterocycles. The number of aryl methyl sites for hydroxylation is 1. The summed E-state index contributed by atoms with van der Waals surface area (Å²) in [5, 5.41) is 5.20. The number of benzene rings is 1. The first-order valence-electron chi connectivity index (χ1n) is 7.31. The second-order valence-corrected chi connectivity index (χ2v) is 5.53. The van der Waals surface area contributed by atoms with Gasteiger partial charge in [-0.25, -0.2) is 0 Å². The summed E-state index contributed by atoms with van der Waals surface area (Å²) < 4.78 is 18.2. The van der Waals surface area contributed by atoms with Crippen LogP contribution in [0.2, 0.25) is 0 Å². The maximum Gasteiger partial charge on any atom is 0.274 e. The number of fused-ring (bicyclic) bond motifs is 1. The zero-order valence-electron chi connectivity index (χ0n) is 12.6. The Labute approximate surface area is 127 Å². The molecule has 4 rings (SSSR count). The molecule has 114 valence electrons. The molecule has 3 aromatic rings. The minimum atomic E-state index is 0.243. The molecule has 0 bridgehead atoms. The summed E-state index contributed by atoms with van der Waals surface area (Å²) >= 11 is 0. The average Bonchev–Trinajstić information content (AvgIpc) is 3.26. The molecule has 1 atom stereocenters. The van der Waals surface area contributed by atoms with E-state index in [0.717, 1.165) is 41.2 Å². The van der Waals surface area contributed by atoms with Gasteiger partial charge >= 0.3 is 0 Å². The average molecular weight is 299 g/mol. The SMILES string of the molecule is COc1ccc2c(c1)cc(-c1nc([C@H]3CCOC3)no1)n2C. The summed E-state index contributed by atoms with van der Waals surface area (Å²) in [7, 11) is 3.66. The van der Waals surface area contributed by atoms with Crippen LogP contribution in [0.25, 0.3) is 22.5 Å². The van der Waals surface area contributed by atoms with Crippen LogP contribution in [0.1, 0.15) is 18.2 Å². The maximum absolute atomic E-state index is 5.46. The van der Waals surface area contributed by atoms with E-state index >= 15 is 0 Å². The van der Waals surface area contributed by atoms with Crippen LogP contribution in [0.4, 0.5) is 0 Å². The molecule has 3 heterocycles. The van der Waals surface area contributed by atoms with Gasteiger partial charge in [-0.3, -0.25) is 0 Å². The van der Waals surface area contributed by atoms with Crippen LogP contribution in [0.3, 0.4) is 0 Å². The zero-order chi connectivity index (χ0) is 15.1. The molecule has 1 aliphatic rings. The fraction of sp³-hybridized carbons (Fsp3) is 0.375. The van der Waals surface area contributed by atoms with E-state index in [1.165, 1.54) is 0 Å². The van der Waals surface area contributed by atoms with Gasteiger partial charge in [0.05, 0.1) is 13.7 Å². The predicted octanol–water partition coefficient (Wildman–Crippen LogP) is 2.74. The highest BCUT2D eigenvalue weighted by molar-refractivity contribution is 5.86. The molecule has 6 nitrogen and oxygen atoms in total. The highest BCUT2D eigenvalue weighted by Crippen LogP contribution is 2.30. The molecular weight excluding hydrogens is 282 g/mol. The quantitative estimate of drug-likeness (QED) is 0.744. The summed E-state index contributed by atoms with van der Waals surface area (Å²) in [5.74, 6) is 2.35. The first-order chi connectivity index (χ1) is 10.8. The van der Waals surface area contributed by atoms with E-state index in [4.69, 9.17) is 14.0 Å². The lowest BCUT2D eigenvalue weighted by molar-refractivity contribution is 0.192. The van der Waals surface area contributed by atoms with Gasteiger partial charge < -0.3 is 18.6 Å². The van der Waals surface area contributed by atoms with Crippen molar-refractivity contribution in [1.29, 1.82) is 0 Å². The summed E-state index contributed by atoms with van der Waals surface area (Å²) in [6.45, 7) is 1.44. The van der Waals surface area contributed by atoms with Gasteiger partial charge in [-0.1, -0.05) is 5.16 Å². The molecule has 0 spiro atoms. The Morgan fingerprint density at radius 2 is 2.23 bits per heavy atom. The van der Waals surface area contributed by atoms with Gasteiger partial charge in [0, 0.05) is 30.5 Å². The largest absolute Gasteiger partial charge is 0.497 e. The first-order valence-corrected chi connectivity index (χ1v) is 7.31. The fourth-order valence-corrected chi connectivity index (χ4v) is 2.90. The molecule has 22 heavy (non-hydrogen) atoms. The Bertz CT molecular complexity index is 815. The lowest BCUT2D eigenvalue weighted by Gasteiger charge is -2.01. The van der Waals surface area contributed by atoms with Crippen molar-refractivity contribution in [3.63, 3.8) is 0 Å². The van der Waals surface area contributed by atoms with Crippen molar-refractivity contribution in [2.45, 2.75) is 12.3 Å². The van der Waals surface area contributed by atoms with Crippen LogP contribution in [-0.4, -0.2) is 35.0 Å². The summed E-state index contributed by atoms with van der Waals surface area (Å²) in [4.78, 5) is 4.55. The third kappa shape index (κ3) is 2.07. The van der Waals surface area contributed by atoms with Crippen LogP contribution >= 0.6 is 0 Å². The van der Waals surface area contributed by atoms with E-state index in [1.54, 1.807) is 7.11 Å². The van der Waals surface area contributed by atoms with Gasteiger partial charge in [-0.05, 0) is 30.7 Å². The molecule has 1 saturated heterocycles. The number of hydrogen-bond donors (Lipinski definition) is 0. The molecule has 1 aromatic carbocycles. The Balaban J connectivity index is 1.75. The number of nitrogens with zero attached hydrogens (tertiary/aromatic N) is 3. The lowest BCUT2D eigenvalue weighted by atomic mass is 10.1. The number of ether oxygens (including phenoxy) is 2. The first kappa shape index (κ1) is 13.3. The van der Waals surface area contributed by atoms with E-state index < -0.39 is 0 Å². The van der Waals surface area contributed by atoms with Gasteiger partial charge in [0.25, 0.3) is 5.89 Å². The Kier molecular flexibility index (Phi) is 3.11. The minimum Gasteiger partial charge on any atom is -0.497 e. The zero-order valence-corrected chi connectivity index (χ0v) is 12.6. The van der Waals surface area contributed by atoms with Gasteiger partial charge in [-0.15, -0.1) is 0 Å². The van der Waals surface area contributed by atoms with Gasteiger partial charge in [0.2, 0.25) is 0 Å². The Morgan fingerprint density at radius 3 is 3.00 bits per heavy atom. The van der Waals surface area contributed by atoms with Crippen LogP contribution in [-0.2, 0) is 11.8 Å². The smallest absolute Gasteiger partial charge is 0.274 e. The lowest BCUT2D eigenvalue weighted by Crippen LogP contribution is -2.00. The van der Waals surface area contributed by atoms with Crippen molar-refractivity contribution in [2.75, 3.05) is 20.3 Å². The monoisotopic (exact) mass is 299 g/mol. The van der Waals surface area contributed by atoms with Crippen LogP contribution in [0.5, 0.6) is 5.75 Å². The molecule has 0 saturated carbocycles. The fourth-order valence-electron chi connectivity index (χ4n) is 2.90. The van der Waals surface area contributed by atoms with Crippen LogP contribution < -0.4 is 4.74 Å². The van der Waals surface area contributed by atoms with Crippen LogP contribution in [0.15, 0.2) is 28.8 Å². The minimum absolute atomic E-state index is 0.243. The van der Waals surface area contributed by atoms with Crippen LogP contribution in [0, 0.1) is 0 Å². The highest BCUT2D eigenvalue weighted by Gasteiger charge is 2.24. The van der Waals surface area contributed by atoms with Crippen molar-refractivity contribution < 1.29 is 14.0 Å². The van der Waals surface area contributed by atoms with Crippen molar-refractivity contribution in [2.24, 2.45) is 7.05 Å². The molecule has 0 amide bonds. The topological polar surface area (TPSA) is 62.3 Å². The third-order valence-corrected chi connectivity index (χ3v) is 4.21. The number of aromatic nitrogens is 3. The van der Waals surface area contributed by atoms with E-state index in [2.05, 4.69) is 14.7 Å². The molecule has 0 radical (unpaired) electrons. The summed E-state index contributed by atoms with van der Waals surface area (Å²) in [6, 6.07) is 8.02. The second-order valence-electron chi connectivity index (χ2n) is 5.53. The number of hydrogen-bond acceptors (Lipinski definition) is 5. The predicted molar refractivity (Wildman–Crippen MR) is 80.9 cm³/mol. The molecule has 0 N–H and O–H groups in total. The summed E-state index contributed by atoms with van der Waals surface area (Å²) in [6.07, 6.45) is 0.950. The van der Waals surface area contributed by atoms with Gasteiger partial charge in [-0.2, -0.15) is 4.98 Å². The molecule has 1 fully saturated rings. The Hall–Kier alpha value is -2.34.